The maximum atomic E-state index is 12.3. The standard InChI is InChI=1S/C10H19NO5S/c1-4-16-9(12)10(2,3)17(13,14)11-5-7-15-8-6-11/h4-8H2,1-3H3. The van der Waals surface area contributed by atoms with Gasteiger partial charge in [0, 0.05) is 13.1 Å². The van der Waals surface area contributed by atoms with E-state index in [-0.39, 0.29) is 19.7 Å². The number of carbonyl (C=O) groups is 1. The Hall–Kier alpha value is -0.660. The van der Waals surface area contributed by atoms with E-state index >= 15 is 0 Å². The molecule has 1 aliphatic rings. The number of hydrogen-bond donors (Lipinski definition) is 0. The van der Waals surface area contributed by atoms with Gasteiger partial charge in [-0.2, -0.15) is 4.31 Å². The summed E-state index contributed by atoms with van der Waals surface area (Å²) >= 11 is 0. The van der Waals surface area contributed by atoms with Crippen LogP contribution in [0.25, 0.3) is 0 Å². The Kier molecular flexibility index (Phi) is 4.51. The molecule has 0 amide bonds. The number of rotatable bonds is 4. The van der Waals surface area contributed by atoms with Crippen LogP contribution in [0.15, 0.2) is 0 Å². The molecular formula is C10H19NO5S. The summed E-state index contributed by atoms with van der Waals surface area (Å²) in [5.41, 5.74) is 0. The minimum atomic E-state index is -3.70. The second kappa shape index (κ2) is 5.32. The summed E-state index contributed by atoms with van der Waals surface area (Å²) < 4.78 is 34.2. The molecule has 0 atom stereocenters. The molecule has 1 rings (SSSR count). The van der Waals surface area contributed by atoms with Crippen molar-refractivity contribution >= 4 is 16.0 Å². The molecule has 0 spiro atoms. The van der Waals surface area contributed by atoms with E-state index in [1.807, 2.05) is 0 Å². The quantitative estimate of drug-likeness (QED) is 0.668. The molecule has 1 fully saturated rings. The Balaban J connectivity index is 2.90. The van der Waals surface area contributed by atoms with E-state index in [4.69, 9.17) is 9.47 Å². The van der Waals surface area contributed by atoms with Crippen LogP contribution in [0.5, 0.6) is 0 Å². The first-order valence-corrected chi connectivity index (χ1v) is 7.02. The molecule has 0 aliphatic carbocycles. The zero-order valence-corrected chi connectivity index (χ0v) is 11.2. The van der Waals surface area contributed by atoms with Crippen molar-refractivity contribution in [1.29, 1.82) is 0 Å². The van der Waals surface area contributed by atoms with Crippen LogP contribution in [0.1, 0.15) is 20.8 Å². The Morgan fingerprint density at radius 2 is 1.88 bits per heavy atom. The molecule has 0 N–H and O–H groups in total. The van der Waals surface area contributed by atoms with Crippen LogP contribution >= 0.6 is 0 Å². The van der Waals surface area contributed by atoms with Gasteiger partial charge in [-0.3, -0.25) is 4.79 Å². The molecular weight excluding hydrogens is 246 g/mol. The highest BCUT2D eigenvalue weighted by Gasteiger charge is 2.47. The topological polar surface area (TPSA) is 72.9 Å². The van der Waals surface area contributed by atoms with E-state index in [0.717, 1.165) is 0 Å². The number of carbonyl (C=O) groups excluding carboxylic acids is 1. The van der Waals surface area contributed by atoms with E-state index in [0.29, 0.717) is 13.2 Å². The molecule has 0 aromatic heterocycles. The first-order chi connectivity index (χ1) is 7.84. The normalized spacial score (nSPS) is 19.0. The molecule has 0 aromatic rings. The average Bonchev–Trinajstić information content (AvgIpc) is 2.30. The van der Waals surface area contributed by atoms with E-state index < -0.39 is 20.7 Å². The third kappa shape index (κ3) is 2.78. The Morgan fingerprint density at radius 3 is 2.35 bits per heavy atom. The molecule has 0 aromatic carbocycles. The first kappa shape index (κ1) is 14.4. The minimum absolute atomic E-state index is 0.168. The molecule has 1 aliphatic heterocycles. The number of hydrogen-bond acceptors (Lipinski definition) is 5. The summed E-state index contributed by atoms with van der Waals surface area (Å²) in [7, 11) is -3.70. The molecule has 0 radical (unpaired) electrons. The van der Waals surface area contributed by atoms with Gasteiger partial charge in [0.25, 0.3) is 0 Å². The van der Waals surface area contributed by atoms with E-state index in [9.17, 15) is 13.2 Å². The van der Waals surface area contributed by atoms with E-state index in [1.54, 1.807) is 6.92 Å². The predicted octanol–water partition coefficient (Wildman–Crippen LogP) is -0.00990. The van der Waals surface area contributed by atoms with Crippen molar-refractivity contribution in [1.82, 2.24) is 4.31 Å². The second-order valence-electron chi connectivity index (χ2n) is 4.25. The summed E-state index contributed by atoms with van der Waals surface area (Å²) in [5, 5.41) is 0. The summed E-state index contributed by atoms with van der Waals surface area (Å²) in [5.74, 6) is -0.716. The van der Waals surface area contributed by atoms with Crippen LogP contribution < -0.4 is 0 Å². The van der Waals surface area contributed by atoms with Crippen LogP contribution in [-0.2, 0) is 24.3 Å². The van der Waals surface area contributed by atoms with Crippen molar-refractivity contribution in [3.8, 4) is 0 Å². The molecule has 7 heteroatoms. The largest absolute Gasteiger partial charge is 0.465 e. The molecule has 0 saturated carbocycles. The molecule has 17 heavy (non-hydrogen) atoms. The van der Waals surface area contributed by atoms with Gasteiger partial charge in [-0.25, -0.2) is 8.42 Å². The Labute approximate surface area is 102 Å². The highest BCUT2D eigenvalue weighted by atomic mass is 32.2. The van der Waals surface area contributed by atoms with Gasteiger partial charge in [-0.15, -0.1) is 0 Å². The fourth-order valence-corrected chi connectivity index (χ4v) is 3.06. The third-order valence-corrected chi connectivity index (χ3v) is 5.22. The number of morpholine rings is 1. The van der Waals surface area contributed by atoms with Gasteiger partial charge in [0.15, 0.2) is 4.75 Å². The van der Waals surface area contributed by atoms with Crippen LogP contribution in [0.3, 0.4) is 0 Å². The molecule has 0 unspecified atom stereocenters. The zero-order valence-electron chi connectivity index (χ0n) is 10.4. The maximum Gasteiger partial charge on any atom is 0.328 e. The lowest BCUT2D eigenvalue weighted by Crippen LogP contribution is -2.53. The second-order valence-corrected chi connectivity index (χ2v) is 6.73. The van der Waals surface area contributed by atoms with Crippen molar-refractivity contribution in [2.75, 3.05) is 32.9 Å². The molecule has 6 nitrogen and oxygen atoms in total. The molecule has 1 heterocycles. The lowest BCUT2D eigenvalue weighted by Gasteiger charge is -2.32. The fraction of sp³-hybridized carbons (Fsp3) is 0.900. The van der Waals surface area contributed by atoms with Crippen molar-refractivity contribution in [2.45, 2.75) is 25.5 Å². The molecule has 100 valence electrons. The lowest BCUT2D eigenvalue weighted by atomic mass is 10.2. The molecule has 0 bridgehead atoms. The Morgan fingerprint density at radius 1 is 1.35 bits per heavy atom. The van der Waals surface area contributed by atoms with Crippen LogP contribution in [0.2, 0.25) is 0 Å². The third-order valence-electron chi connectivity index (χ3n) is 2.72. The maximum absolute atomic E-state index is 12.3. The number of nitrogens with zero attached hydrogens (tertiary/aromatic N) is 1. The van der Waals surface area contributed by atoms with Crippen molar-refractivity contribution in [3.63, 3.8) is 0 Å². The van der Waals surface area contributed by atoms with Crippen molar-refractivity contribution in [2.24, 2.45) is 0 Å². The van der Waals surface area contributed by atoms with Crippen LogP contribution in [-0.4, -0.2) is 56.3 Å². The number of ether oxygens (including phenoxy) is 2. The van der Waals surface area contributed by atoms with Crippen molar-refractivity contribution in [3.05, 3.63) is 0 Å². The van der Waals surface area contributed by atoms with Gasteiger partial charge >= 0.3 is 5.97 Å². The van der Waals surface area contributed by atoms with Gasteiger partial charge in [0.05, 0.1) is 19.8 Å². The van der Waals surface area contributed by atoms with E-state index in [2.05, 4.69) is 0 Å². The van der Waals surface area contributed by atoms with Crippen molar-refractivity contribution < 1.29 is 22.7 Å². The van der Waals surface area contributed by atoms with Gasteiger partial charge in [0.2, 0.25) is 10.0 Å². The van der Waals surface area contributed by atoms with Crippen LogP contribution in [0.4, 0.5) is 0 Å². The van der Waals surface area contributed by atoms with Gasteiger partial charge in [-0.05, 0) is 20.8 Å². The highest BCUT2D eigenvalue weighted by Crippen LogP contribution is 2.23. The monoisotopic (exact) mass is 265 g/mol. The molecule has 1 saturated heterocycles. The summed E-state index contributed by atoms with van der Waals surface area (Å²) in [4.78, 5) is 11.7. The summed E-state index contributed by atoms with van der Waals surface area (Å²) in [6.45, 7) is 5.84. The van der Waals surface area contributed by atoms with Crippen LogP contribution in [0, 0.1) is 0 Å². The number of sulfonamides is 1. The fourth-order valence-electron chi connectivity index (χ4n) is 1.52. The average molecular weight is 265 g/mol. The Bertz CT molecular complexity index is 370. The van der Waals surface area contributed by atoms with Gasteiger partial charge in [-0.1, -0.05) is 0 Å². The van der Waals surface area contributed by atoms with Gasteiger partial charge in [0.1, 0.15) is 0 Å². The predicted molar refractivity (Wildman–Crippen MR) is 62.0 cm³/mol. The summed E-state index contributed by atoms with van der Waals surface area (Å²) in [6, 6.07) is 0. The zero-order chi connectivity index (χ0) is 13.1. The first-order valence-electron chi connectivity index (χ1n) is 5.58. The smallest absolute Gasteiger partial charge is 0.328 e. The number of esters is 1. The lowest BCUT2D eigenvalue weighted by molar-refractivity contribution is -0.145. The highest BCUT2D eigenvalue weighted by molar-refractivity contribution is 7.91. The SMILES string of the molecule is CCOC(=O)C(C)(C)S(=O)(=O)N1CCOCC1. The van der Waals surface area contributed by atoms with E-state index in [1.165, 1.54) is 18.2 Å². The minimum Gasteiger partial charge on any atom is -0.465 e. The van der Waals surface area contributed by atoms with Gasteiger partial charge < -0.3 is 9.47 Å². The summed E-state index contributed by atoms with van der Waals surface area (Å²) in [6.07, 6.45) is 0.